The SMILES string of the molecule is CCOC(=O)c1nn(-c2cc([N+](=O)[O-])ccc2C)c2c1CN(C)CC2. The van der Waals surface area contributed by atoms with Crippen molar-refractivity contribution in [3.8, 4) is 5.69 Å². The van der Waals surface area contributed by atoms with Crippen LogP contribution in [0.3, 0.4) is 0 Å². The predicted molar refractivity (Wildman–Crippen MR) is 90.9 cm³/mol. The van der Waals surface area contributed by atoms with Crippen LogP contribution in [0.25, 0.3) is 5.69 Å². The fraction of sp³-hybridized carbons (Fsp3) is 0.412. The van der Waals surface area contributed by atoms with E-state index in [0.29, 0.717) is 18.7 Å². The van der Waals surface area contributed by atoms with Gasteiger partial charge in [-0.3, -0.25) is 10.1 Å². The molecule has 2 aromatic rings. The second-order valence-corrected chi connectivity index (χ2v) is 6.12. The Kier molecular flexibility index (Phi) is 4.54. The van der Waals surface area contributed by atoms with Gasteiger partial charge in [0.2, 0.25) is 0 Å². The summed E-state index contributed by atoms with van der Waals surface area (Å²) in [5.74, 6) is -0.462. The van der Waals surface area contributed by atoms with E-state index in [0.717, 1.165) is 23.4 Å². The molecule has 0 amide bonds. The van der Waals surface area contributed by atoms with Crippen molar-refractivity contribution in [1.82, 2.24) is 14.7 Å². The molecule has 0 saturated heterocycles. The third kappa shape index (κ3) is 3.12. The molecule has 0 N–H and O–H groups in total. The maximum Gasteiger partial charge on any atom is 0.359 e. The molecule has 0 saturated carbocycles. The van der Waals surface area contributed by atoms with Gasteiger partial charge in [0.25, 0.3) is 5.69 Å². The van der Waals surface area contributed by atoms with Crippen molar-refractivity contribution in [2.75, 3.05) is 20.2 Å². The molecule has 0 aliphatic carbocycles. The molecule has 2 heterocycles. The van der Waals surface area contributed by atoms with Crippen molar-refractivity contribution in [2.45, 2.75) is 26.8 Å². The highest BCUT2D eigenvalue weighted by atomic mass is 16.6. The number of likely N-dealkylation sites (N-methyl/N-ethyl adjacent to an activating group) is 1. The summed E-state index contributed by atoms with van der Waals surface area (Å²) in [6, 6.07) is 4.66. The summed E-state index contributed by atoms with van der Waals surface area (Å²) in [6.07, 6.45) is 0.709. The van der Waals surface area contributed by atoms with Crippen molar-refractivity contribution in [3.63, 3.8) is 0 Å². The van der Waals surface area contributed by atoms with E-state index in [-0.39, 0.29) is 18.0 Å². The second kappa shape index (κ2) is 6.64. The van der Waals surface area contributed by atoms with Crippen LogP contribution >= 0.6 is 0 Å². The zero-order valence-corrected chi connectivity index (χ0v) is 14.5. The molecule has 1 aliphatic rings. The first kappa shape index (κ1) is 17.1. The van der Waals surface area contributed by atoms with Gasteiger partial charge in [-0.25, -0.2) is 9.48 Å². The molecule has 8 nitrogen and oxygen atoms in total. The Morgan fingerprint density at radius 3 is 2.88 bits per heavy atom. The van der Waals surface area contributed by atoms with Crippen molar-refractivity contribution in [1.29, 1.82) is 0 Å². The van der Waals surface area contributed by atoms with Crippen LogP contribution in [0.15, 0.2) is 18.2 Å². The number of benzene rings is 1. The molecule has 1 aromatic carbocycles. The average Bonchev–Trinajstić information content (AvgIpc) is 2.93. The lowest BCUT2D eigenvalue weighted by Gasteiger charge is -2.23. The fourth-order valence-corrected chi connectivity index (χ4v) is 3.06. The van der Waals surface area contributed by atoms with Gasteiger partial charge in [0, 0.05) is 37.2 Å². The van der Waals surface area contributed by atoms with E-state index in [1.807, 2.05) is 14.0 Å². The molecule has 1 aromatic heterocycles. The van der Waals surface area contributed by atoms with Crippen molar-refractivity contribution >= 4 is 11.7 Å². The number of esters is 1. The number of nitro groups is 1. The second-order valence-electron chi connectivity index (χ2n) is 6.12. The van der Waals surface area contributed by atoms with Gasteiger partial charge in [0.1, 0.15) is 0 Å². The van der Waals surface area contributed by atoms with E-state index in [9.17, 15) is 14.9 Å². The lowest BCUT2D eigenvalue weighted by atomic mass is 10.0. The Labute approximate surface area is 145 Å². The Morgan fingerprint density at radius 2 is 2.20 bits per heavy atom. The van der Waals surface area contributed by atoms with Crippen molar-refractivity contribution < 1.29 is 14.5 Å². The van der Waals surface area contributed by atoms with Crippen molar-refractivity contribution in [3.05, 3.63) is 50.8 Å². The number of hydrogen-bond donors (Lipinski definition) is 0. The van der Waals surface area contributed by atoms with Crippen LogP contribution in [0.5, 0.6) is 0 Å². The van der Waals surface area contributed by atoms with E-state index < -0.39 is 10.9 Å². The molecule has 132 valence electrons. The molecule has 3 rings (SSSR count). The first-order valence-electron chi connectivity index (χ1n) is 8.14. The Bertz CT molecular complexity index is 843. The Balaban J connectivity index is 2.17. The summed E-state index contributed by atoms with van der Waals surface area (Å²) in [4.78, 5) is 25.1. The number of non-ortho nitro benzene ring substituents is 1. The lowest BCUT2D eigenvalue weighted by Crippen LogP contribution is -2.28. The van der Waals surface area contributed by atoms with Gasteiger partial charge < -0.3 is 9.64 Å². The van der Waals surface area contributed by atoms with E-state index >= 15 is 0 Å². The molecule has 0 spiro atoms. The molecule has 0 bridgehead atoms. The number of carbonyl (C=O) groups excluding carboxylic acids is 1. The van der Waals surface area contributed by atoms with Gasteiger partial charge >= 0.3 is 5.97 Å². The quantitative estimate of drug-likeness (QED) is 0.480. The molecule has 0 radical (unpaired) electrons. The summed E-state index contributed by atoms with van der Waals surface area (Å²) >= 11 is 0. The number of aromatic nitrogens is 2. The number of fused-ring (bicyclic) bond motifs is 1. The Morgan fingerprint density at radius 1 is 1.44 bits per heavy atom. The maximum atomic E-state index is 12.3. The third-order valence-electron chi connectivity index (χ3n) is 4.35. The standard InChI is InChI=1S/C17H20N4O4/c1-4-25-17(22)16-13-10-19(3)8-7-14(13)20(18-16)15-9-12(21(23)24)6-5-11(15)2/h5-6,9H,4,7-8,10H2,1-3H3. The summed E-state index contributed by atoms with van der Waals surface area (Å²) in [5, 5.41) is 15.6. The van der Waals surface area contributed by atoms with Crippen LogP contribution in [0.2, 0.25) is 0 Å². The van der Waals surface area contributed by atoms with E-state index in [1.54, 1.807) is 17.7 Å². The largest absolute Gasteiger partial charge is 0.461 e. The van der Waals surface area contributed by atoms with E-state index in [2.05, 4.69) is 10.00 Å². The number of aryl methyl sites for hydroxylation is 1. The minimum absolute atomic E-state index is 0.00420. The topological polar surface area (TPSA) is 90.5 Å². The van der Waals surface area contributed by atoms with Crippen LogP contribution in [-0.4, -0.2) is 45.8 Å². The van der Waals surface area contributed by atoms with Crippen LogP contribution in [0, 0.1) is 17.0 Å². The molecular formula is C17H20N4O4. The molecule has 25 heavy (non-hydrogen) atoms. The summed E-state index contributed by atoms with van der Waals surface area (Å²) in [7, 11) is 1.98. The number of rotatable bonds is 4. The van der Waals surface area contributed by atoms with Crippen LogP contribution in [0.1, 0.15) is 34.2 Å². The van der Waals surface area contributed by atoms with Crippen molar-refractivity contribution in [2.24, 2.45) is 0 Å². The molecule has 1 aliphatic heterocycles. The minimum Gasteiger partial charge on any atom is -0.461 e. The highest BCUT2D eigenvalue weighted by Gasteiger charge is 2.29. The highest BCUT2D eigenvalue weighted by Crippen LogP contribution is 2.28. The molecule has 0 atom stereocenters. The molecule has 8 heteroatoms. The smallest absolute Gasteiger partial charge is 0.359 e. The van der Waals surface area contributed by atoms with E-state index in [1.165, 1.54) is 12.1 Å². The van der Waals surface area contributed by atoms with E-state index in [4.69, 9.17) is 4.74 Å². The summed E-state index contributed by atoms with van der Waals surface area (Å²) < 4.78 is 6.79. The fourth-order valence-electron chi connectivity index (χ4n) is 3.06. The van der Waals surface area contributed by atoms with Gasteiger partial charge in [0.05, 0.1) is 22.9 Å². The number of carbonyl (C=O) groups is 1. The van der Waals surface area contributed by atoms with Gasteiger partial charge in [-0.1, -0.05) is 6.07 Å². The summed E-state index contributed by atoms with van der Waals surface area (Å²) in [5.41, 5.74) is 3.49. The zero-order valence-electron chi connectivity index (χ0n) is 14.5. The normalized spacial score (nSPS) is 14.2. The number of hydrogen-bond acceptors (Lipinski definition) is 6. The van der Waals surface area contributed by atoms with Gasteiger partial charge in [0.15, 0.2) is 5.69 Å². The minimum atomic E-state index is -0.462. The number of nitro benzene ring substituents is 1. The molecular weight excluding hydrogens is 324 g/mol. The monoisotopic (exact) mass is 344 g/mol. The lowest BCUT2D eigenvalue weighted by molar-refractivity contribution is -0.384. The zero-order chi connectivity index (χ0) is 18.1. The van der Waals surface area contributed by atoms with Gasteiger partial charge in [-0.05, 0) is 26.5 Å². The molecule has 0 fully saturated rings. The number of ether oxygens (including phenoxy) is 1. The third-order valence-corrected chi connectivity index (χ3v) is 4.35. The Hall–Kier alpha value is -2.74. The highest BCUT2D eigenvalue weighted by molar-refractivity contribution is 5.89. The average molecular weight is 344 g/mol. The van der Waals surface area contributed by atoms with Crippen LogP contribution < -0.4 is 0 Å². The number of nitrogens with zero attached hydrogens (tertiary/aromatic N) is 4. The van der Waals surface area contributed by atoms with Crippen LogP contribution in [-0.2, 0) is 17.7 Å². The first-order chi connectivity index (χ1) is 11.9. The van der Waals surface area contributed by atoms with Crippen LogP contribution in [0.4, 0.5) is 5.69 Å². The summed E-state index contributed by atoms with van der Waals surface area (Å²) in [6.45, 7) is 5.31. The molecule has 0 unspecified atom stereocenters. The first-order valence-corrected chi connectivity index (χ1v) is 8.14. The predicted octanol–water partition coefficient (Wildman–Crippen LogP) is 2.25. The van der Waals surface area contributed by atoms with Gasteiger partial charge in [-0.15, -0.1) is 0 Å². The van der Waals surface area contributed by atoms with Gasteiger partial charge in [-0.2, -0.15) is 5.10 Å². The maximum absolute atomic E-state index is 12.3.